The molecule has 0 unspecified atom stereocenters. The second-order valence-corrected chi connectivity index (χ2v) is 10.2. The van der Waals surface area contributed by atoms with Crippen LogP contribution in [0.15, 0.2) is 54.6 Å². The molecule has 1 saturated carbocycles. The first-order valence-electron chi connectivity index (χ1n) is 12.4. The van der Waals surface area contributed by atoms with Gasteiger partial charge in [0.15, 0.2) is 0 Å². The lowest BCUT2D eigenvalue weighted by atomic mass is 9.61. The lowest BCUT2D eigenvalue weighted by molar-refractivity contribution is -0.142. The third kappa shape index (κ3) is 5.99. The summed E-state index contributed by atoms with van der Waals surface area (Å²) in [6.45, 7) is 9.08. The van der Waals surface area contributed by atoms with Gasteiger partial charge in [-0.1, -0.05) is 44.2 Å². The quantitative estimate of drug-likeness (QED) is 0.383. The minimum atomic E-state index is -0.307. The number of rotatable bonds is 9. The number of hydrogen-bond acceptors (Lipinski definition) is 5. The highest BCUT2D eigenvalue weighted by molar-refractivity contribution is 5.94. The predicted octanol–water partition coefficient (Wildman–Crippen LogP) is 5.82. The highest BCUT2D eigenvalue weighted by Gasteiger charge is 2.41. The summed E-state index contributed by atoms with van der Waals surface area (Å²) in [7, 11) is 0. The normalized spacial score (nSPS) is 15.8. The number of nitrogens with one attached hydrogen (secondary N) is 2. The first-order valence-corrected chi connectivity index (χ1v) is 12.4. The van der Waals surface area contributed by atoms with Crippen LogP contribution in [0.5, 0.6) is 0 Å². The van der Waals surface area contributed by atoms with Gasteiger partial charge in [-0.2, -0.15) is 0 Å². The summed E-state index contributed by atoms with van der Waals surface area (Å²) < 4.78 is 4.90. The van der Waals surface area contributed by atoms with Crippen molar-refractivity contribution in [3.8, 4) is 0 Å². The number of pyridine rings is 1. The molecule has 0 saturated heterocycles. The first kappa shape index (κ1) is 24.7. The average Bonchev–Trinajstić information content (AvgIpc) is 2.81. The number of para-hydroxylation sites is 1. The molecule has 2 aromatic carbocycles. The molecule has 2 N–H and O–H groups in total. The molecule has 1 aliphatic rings. The second kappa shape index (κ2) is 10.5. The van der Waals surface area contributed by atoms with E-state index in [2.05, 4.69) is 43.5 Å². The van der Waals surface area contributed by atoms with Gasteiger partial charge in [0.05, 0.1) is 24.6 Å². The van der Waals surface area contributed by atoms with Crippen LogP contribution in [0.3, 0.4) is 0 Å². The van der Waals surface area contributed by atoms with E-state index in [-0.39, 0.29) is 30.9 Å². The van der Waals surface area contributed by atoms with Crippen molar-refractivity contribution in [2.45, 2.75) is 53.0 Å². The van der Waals surface area contributed by atoms with Gasteiger partial charge in [0.1, 0.15) is 5.82 Å². The Morgan fingerprint density at radius 2 is 1.83 bits per heavy atom. The van der Waals surface area contributed by atoms with Crippen LogP contribution >= 0.6 is 0 Å². The molecule has 1 aromatic heterocycles. The Morgan fingerprint density at radius 1 is 1.11 bits per heavy atom. The highest BCUT2D eigenvalue weighted by atomic mass is 16.5. The molecule has 0 aliphatic heterocycles. The summed E-state index contributed by atoms with van der Waals surface area (Å²) in [4.78, 5) is 28.9. The Balaban J connectivity index is 1.50. The topological polar surface area (TPSA) is 80.3 Å². The summed E-state index contributed by atoms with van der Waals surface area (Å²) in [5.41, 5.74) is 4.15. The Morgan fingerprint density at radius 3 is 2.51 bits per heavy atom. The van der Waals surface area contributed by atoms with Crippen LogP contribution < -0.4 is 10.6 Å². The van der Waals surface area contributed by atoms with Crippen LogP contribution in [-0.2, 0) is 9.53 Å². The van der Waals surface area contributed by atoms with E-state index in [0.29, 0.717) is 23.5 Å². The van der Waals surface area contributed by atoms with E-state index in [0.717, 1.165) is 40.7 Å². The van der Waals surface area contributed by atoms with Gasteiger partial charge in [-0.05, 0) is 73.4 Å². The van der Waals surface area contributed by atoms with Crippen LogP contribution in [0, 0.1) is 18.3 Å². The van der Waals surface area contributed by atoms with Gasteiger partial charge in [-0.15, -0.1) is 0 Å². The summed E-state index contributed by atoms with van der Waals surface area (Å²) in [6, 6.07) is 18.2. The fraction of sp³-hybridized carbons (Fsp3) is 0.414. The molecule has 0 radical (unpaired) electrons. The zero-order chi connectivity index (χ0) is 25.0. The second-order valence-electron chi connectivity index (χ2n) is 10.2. The van der Waals surface area contributed by atoms with E-state index in [9.17, 15) is 9.59 Å². The van der Waals surface area contributed by atoms with Crippen molar-refractivity contribution >= 4 is 28.6 Å². The zero-order valence-corrected chi connectivity index (χ0v) is 21.1. The molecule has 4 rings (SSSR count). The SMILES string of the molecule is CCOC(=O)CCNC(=O)c1ccc([C@H](Nc2nc3ccccc3cc2C)C2CC(C)(C)C2)cc1. The number of carbonyl (C=O) groups excluding carboxylic acids is 2. The monoisotopic (exact) mass is 473 g/mol. The highest BCUT2D eigenvalue weighted by Crippen LogP contribution is 2.51. The maximum Gasteiger partial charge on any atom is 0.307 e. The number of nitrogens with zero attached hydrogens (tertiary/aromatic N) is 1. The maximum absolute atomic E-state index is 12.5. The minimum Gasteiger partial charge on any atom is -0.466 e. The van der Waals surface area contributed by atoms with E-state index >= 15 is 0 Å². The molecule has 1 heterocycles. The van der Waals surface area contributed by atoms with Crippen molar-refractivity contribution in [1.29, 1.82) is 0 Å². The Kier molecular flexibility index (Phi) is 7.39. The number of benzene rings is 2. The van der Waals surface area contributed by atoms with Gasteiger partial charge in [0.2, 0.25) is 0 Å². The van der Waals surface area contributed by atoms with Gasteiger partial charge in [0, 0.05) is 17.5 Å². The molecule has 184 valence electrons. The molecule has 1 amide bonds. The Hall–Kier alpha value is -3.41. The van der Waals surface area contributed by atoms with Gasteiger partial charge < -0.3 is 15.4 Å². The molecule has 1 aliphatic carbocycles. The van der Waals surface area contributed by atoms with Crippen molar-refractivity contribution in [1.82, 2.24) is 10.3 Å². The van der Waals surface area contributed by atoms with Crippen molar-refractivity contribution in [2.75, 3.05) is 18.5 Å². The molecule has 1 fully saturated rings. The molecule has 0 spiro atoms. The van der Waals surface area contributed by atoms with Crippen molar-refractivity contribution in [2.24, 2.45) is 11.3 Å². The van der Waals surface area contributed by atoms with E-state index in [1.165, 1.54) is 0 Å². The van der Waals surface area contributed by atoms with Crippen LogP contribution in [0.2, 0.25) is 0 Å². The van der Waals surface area contributed by atoms with Gasteiger partial charge >= 0.3 is 5.97 Å². The van der Waals surface area contributed by atoms with Crippen LogP contribution in [-0.4, -0.2) is 30.0 Å². The van der Waals surface area contributed by atoms with E-state index in [1.54, 1.807) is 6.92 Å². The fourth-order valence-electron chi connectivity index (χ4n) is 5.04. The van der Waals surface area contributed by atoms with Gasteiger partial charge in [0.25, 0.3) is 5.91 Å². The zero-order valence-electron chi connectivity index (χ0n) is 21.1. The lowest BCUT2D eigenvalue weighted by Crippen LogP contribution is -2.38. The summed E-state index contributed by atoms with van der Waals surface area (Å²) in [6.07, 6.45) is 2.43. The third-order valence-corrected chi connectivity index (χ3v) is 6.76. The Labute approximate surface area is 207 Å². The third-order valence-electron chi connectivity index (χ3n) is 6.76. The van der Waals surface area contributed by atoms with Crippen LogP contribution in [0.4, 0.5) is 5.82 Å². The van der Waals surface area contributed by atoms with Crippen molar-refractivity contribution < 1.29 is 14.3 Å². The summed E-state index contributed by atoms with van der Waals surface area (Å²) in [5.74, 6) is 0.890. The smallest absolute Gasteiger partial charge is 0.307 e. The minimum absolute atomic E-state index is 0.108. The van der Waals surface area contributed by atoms with Crippen LogP contribution in [0.25, 0.3) is 10.9 Å². The molecular formula is C29H35N3O3. The summed E-state index contributed by atoms with van der Waals surface area (Å²) in [5, 5.41) is 7.67. The maximum atomic E-state index is 12.5. The van der Waals surface area contributed by atoms with Gasteiger partial charge in [-0.3, -0.25) is 9.59 Å². The number of fused-ring (bicyclic) bond motifs is 1. The number of anilines is 1. The number of amides is 1. The standard InChI is InChI=1S/C29H35N3O3/c1-5-35-25(33)14-15-30-28(34)21-12-10-20(11-13-21)26(23-17-29(3,4)18-23)32-27-19(2)16-22-8-6-7-9-24(22)31-27/h6-13,16,23,26H,5,14-15,17-18H2,1-4H3,(H,30,34)(H,31,32)/t26-/m0/s1. The van der Waals surface area contributed by atoms with Crippen molar-refractivity contribution in [3.63, 3.8) is 0 Å². The number of aryl methyl sites for hydroxylation is 1. The predicted molar refractivity (Wildman–Crippen MR) is 139 cm³/mol. The van der Waals surface area contributed by atoms with Gasteiger partial charge in [-0.25, -0.2) is 4.98 Å². The van der Waals surface area contributed by atoms with E-state index in [4.69, 9.17) is 9.72 Å². The Bertz CT molecular complexity index is 1200. The van der Waals surface area contributed by atoms with Crippen molar-refractivity contribution in [3.05, 3.63) is 71.3 Å². The number of ether oxygens (including phenoxy) is 1. The first-order chi connectivity index (χ1) is 16.8. The molecule has 6 nitrogen and oxygen atoms in total. The number of carbonyl (C=O) groups is 2. The summed E-state index contributed by atoms with van der Waals surface area (Å²) >= 11 is 0. The van der Waals surface area contributed by atoms with E-state index in [1.807, 2.05) is 42.5 Å². The number of aromatic nitrogens is 1. The molecule has 1 atom stereocenters. The molecule has 3 aromatic rings. The molecular weight excluding hydrogens is 438 g/mol. The van der Waals surface area contributed by atoms with E-state index < -0.39 is 0 Å². The molecule has 35 heavy (non-hydrogen) atoms. The molecule has 0 bridgehead atoms. The fourth-order valence-corrected chi connectivity index (χ4v) is 5.04. The van der Waals surface area contributed by atoms with Crippen LogP contribution in [0.1, 0.15) is 67.6 Å². The number of hydrogen-bond donors (Lipinski definition) is 2. The lowest BCUT2D eigenvalue weighted by Gasteiger charge is -2.47. The number of esters is 1. The largest absolute Gasteiger partial charge is 0.466 e. The average molecular weight is 474 g/mol. The molecule has 6 heteroatoms.